The van der Waals surface area contributed by atoms with Gasteiger partial charge in [-0.25, -0.2) is 0 Å². The molecule has 1 atom stereocenters. The molecule has 3 N–H and O–H groups in total. The van der Waals surface area contributed by atoms with Crippen molar-refractivity contribution in [1.29, 1.82) is 0 Å². The maximum absolute atomic E-state index is 13.0. The quantitative estimate of drug-likeness (QED) is 0.642. The van der Waals surface area contributed by atoms with Gasteiger partial charge in [0.15, 0.2) is 0 Å². The van der Waals surface area contributed by atoms with E-state index in [-0.39, 0.29) is 11.0 Å². The van der Waals surface area contributed by atoms with Crippen molar-refractivity contribution in [3.63, 3.8) is 0 Å². The monoisotopic (exact) mass is 274 g/mol. The fraction of sp³-hybridized carbons (Fsp3) is 0.571. The topological polar surface area (TPSA) is 38.0 Å². The van der Waals surface area contributed by atoms with Crippen LogP contribution in [0.5, 0.6) is 0 Å². The summed E-state index contributed by atoms with van der Waals surface area (Å²) in [6.07, 6.45) is -3.01. The minimum absolute atomic E-state index is 0.0578. The van der Waals surface area contributed by atoms with E-state index in [9.17, 15) is 13.2 Å². The van der Waals surface area contributed by atoms with Crippen molar-refractivity contribution in [1.82, 2.24) is 5.43 Å². The van der Waals surface area contributed by atoms with E-state index in [1.165, 1.54) is 12.1 Å². The van der Waals surface area contributed by atoms with Crippen molar-refractivity contribution in [3.8, 4) is 0 Å². The summed E-state index contributed by atoms with van der Waals surface area (Å²) in [5, 5.41) is 0. The minimum atomic E-state index is -4.35. The SMILES string of the molecule is CC(C)(C)CCC(NN)c1ccccc1C(F)(F)F. The number of hydrogen-bond donors (Lipinski definition) is 2. The third-order valence-corrected chi connectivity index (χ3v) is 3.03. The summed E-state index contributed by atoms with van der Waals surface area (Å²) >= 11 is 0. The van der Waals surface area contributed by atoms with Gasteiger partial charge in [0.2, 0.25) is 0 Å². The molecule has 1 rings (SSSR count). The molecule has 1 unspecified atom stereocenters. The number of hydrogen-bond acceptors (Lipinski definition) is 2. The second-order valence-corrected chi connectivity index (χ2v) is 5.90. The van der Waals surface area contributed by atoms with E-state index in [2.05, 4.69) is 26.2 Å². The molecule has 19 heavy (non-hydrogen) atoms. The van der Waals surface area contributed by atoms with Crippen LogP contribution in [0.1, 0.15) is 50.8 Å². The van der Waals surface area contributed by atoms with Crippen molar-refractivity contribution in [2.24, 2.45) is 11.3 Å². The van der Waals surface area contributed by atoms with Gasteiger partial charge < -0.3 is 0 Å². The summed E-state index contributed by atoms with van der Waals surface area (Å²) in [7, 11) is 0. The lowest BCUT2D eigenvalue weighted by Gasteiger charge is -2.25. The number of halogens is 3. The van der Waals surface area contributed by atoms with Crippen LogP contribution >= 0.6 is 0 Å². The van der Waals surface area contributed by atoms with Crippen molar-refractivity contribution in [3.05, 3.63) is 35.4 Å². The highest BCUT2D eigenvalue weighted by Crippen LogP contribution is 2.36. The van der Waals surface area contributed by atoms with Crippen LogP contribution < -0.4 is 11.3 Å². The Bertz CT molecular complexity index is 408. The molecule has 0 aliphatic heterocycles. The Hall–Kier alpha value is -1.07. The Morgan fingerprint density at radius 1 is 1.16 bits per heavy atom. The molecule has 0 aromatic heterocycles. The molecule has 0 bridgehead atoms. The summed E-state index contributed by atoms with van der Waals surface area (Å²) < 4.78 is 38.9. The van der Waals surface area contributed by atoms with Crippen LogP contribution in [0, 0.1) is 5.41 Å². The van der Waals surface area contributed by atoms with Gasteiger partial charge in [-0.15, -0.1) is 0 Å². The first-order chi connectivity index (χ1) is 8.65. The fourth-order valence-electron chi connectivity index (χ4n) is 1.96. The normalized spacial score (nSPS) is 14.5. The minimum Gasteiger partial charge on any atom is -0.271 e. The highest BCUT2D eigenvalue weighted by molar-refractivity contribution is 5.32. The third kappa shape index (κ3) is 4.84. The zero-order valence-electron chi connectivity index (χ0n) is 11.5. The maximum Gasteiger partial charge on any atom is 0.416 e. The lowest BCUT2D eigenvalue weighted by Crippen LogP contribution is -2.30. The predicted molar refractivity (Wildman–Crippen MR) is 70.2 cm³/mol. The molecule has 0 radical (unpaired) electrons. The largest absolute Gasteiger partial charge is 0.416 e. The van der Waals surface area contributed by atoms with Gasteiger partial charge in [-0.1, -0.05) is 39.0 Å². The first kappa shape index (κ1) is 16.0. The van der Waals surface area contributed by atoms with Crippen LogP contribution in [0.3, 0.4) is 0 Å². The maximum atomic E-state index is 13.0. The highest BCUT2D eigenvalue weighted by atomic mass is 19.4. The number of rotatable bonds is 4. The van der Waals surface area contributed by atoms with Gasteiger partial charge in [0.1, 0.15) is 0 Å². The second-order valence-electron chi connectivity index (χ2n) is 5.90. The van der Waals surface area contributed by atoms with Gasteiger partial charge in [-0.3, -0.25) is 11.3 Å². The molecule has 5 heteroatoms. The van der Waals surface area contributed by atoms with Gasteiger partial charge in [-0.05, 0) is 29.9 Å². The molecule has 0 heterocycles. The lowest BCUT2D eigenvalue weighted by atomic mass is 9.86. The smallest absolute Gasteiger partial charge is 0.271 e. The molecule has 108 valence electrons. The molecular formula is C14H21F3N2. The van der Waals surface area contributed by atoms with Crippen molar-refractivity contribution >= 4 is 0 Å². The van der Waals surface area contributed by atoms with Gasteiger partial charge in [0.25, 0.3) is 0 Å². The van der Waals surface area contributed by atoms with Crippen LogP contribution in [-0.2, 0) is 6.18 Å². The standard InChI is InChI=1S/C14H21F3N2/c1-13(2,3)9-8-12(19-18)10-6-4-5-7-11(10)14(15,16)17/h4-7,12,19H,8-9,18H2,1-3H3. The van der Waals surface area contributed by atoms with Crippen molar-refractivity contribution in [2.45, 2.75) is 45.8 Å². The average molecular weight is 274 g/mol. The number of nitrogens with two attached hydrogens (primary N) is 1. The molecule has 0 spiro atoms. The second kappa shape index (κ2) is 5.92. The van der Waals surface area contributed by atoms with Crippen molar-refractivity contribution < 1.29 is 13.2 Å². The number of nitrogens with one attached hydrogen (secondary N) is 1. The number of alkyl halides is 3. The van der Waals surface area contributed by atoms with Gasteiger partial charge >= 0.3 is 6.18 Å². The summed E-state index contributed by atoms with van der Waals surface area (Å²) in [6.45, 7) is 6.16. The summed E-state index contributed by atoms with van der Waals surface area (Å²) in [5.74, 6) is 5.43. The predicted octanol–water partition coefficient (Wildman–Crippen LogP) is 4.04. The molecule has 0 amide bonds. The van der Waals surface area contributed by atoms with Crippen LogP contribution in [-0.4, -0.2) is 0 Å². The Labute approximate surface area is 112 Å². The van der Waals surface area contributed by atoms with Gasteiger partial charge in [-0.2, -0.15) is 13.2 Å². The molecule has 0 saturated carbocycles. The zero-order chi connectivity index (χ0) is 14.7. The Kier molecular flexibility index (Phi) is 4.98. The molecular weight excluding hydrogens is 253 g/mol. The summed E-state index contributed by atoms with van der Waals surface area (Å²) in [4.78, 5) is 0. The van der Waals surface area contributed by atoms with Crippen molar-refractivity contribution in [2.75, 3.05) is 0 Å². The number of benzene rings is 1. The first-order valence-corrected chi connectivity index (χ1v) is 6.27. The van der Waals surface area contributed by atoms with Crippen LogP contribution in [0.15, 0.2) is 24.3 Å². The molecule has 0 saturated heterocycles. The third-order valence-electron chi connectivity index (χ3n) is 3.03. The summed E-state index contributed by atoms with van der Waals surface area (Å²) in [6, 6.07) is 5.08. The Balaban J connectivity index is 2.99. The fourth-order valence-corrected chi connectivity index (χ4v) is 1.96. The molecule has 0 fully saturated rings. The Morgan fingerprint density at radius 3 is 2.21 bits per heavy atom. The van der Waals surface area contributed by atoms with E-state index in [4.69, 9.17) is 5.84 Å². The Morgan fingerprint density at radius 2 is 1.74 bits per heavy atom. The molecule has 0 aliphatic carbocycles. The van der Waals surface area contributed by atoms with E-state index in [0.29, 0.717) is 6.42 Å². The van der Waals surface area contributed by atoms with E-state index in [1.807, 2.05) is 0 Å². The zero-order valence-corrected chi connectivity index (χ0v) is 11.5. The molecule has 1 aromatic rings. The highest BCUT2D eigenvalue weighted by Gasteiger charge is 2.34. The molecule has 0 aliphatic rings. The van der Waals surface area contributed by atoms with Gasteiger partial charge in [0.05, 0.1) is 5.56 Å². The van der Waals surface area contributed by atoms with Crippen LogP contribution in [0.25, 0.3) is 0 Å². The average Bonchev–Trinajstić information content (AvgIpc) is 2.27. The van der Waals surface area contributed by atoms with E-state index >= 15 is 0 Å². The van der Waals surface area contributed by atoms with Crippen LogP contribution in [0.2, 0.25) is 0 Å². The number of hydrazine groups is 1. The summed E-state index contributed by atoms with van der Waals surface area (Å²) in [5.41, 5.74) is 2.15. The first-order valence-electron chi connectivity index (χ1n) is 6.27. The van der Waals surface area contributed by atoms with Crippen LogP contribution in [0.4, 0.5) is 13.2 Å². The van der Waals surface area contributed by atoms with E-state index < -0.39 is 17.8 Å². The lowest BCUT2D eigenvalue weighted by molar-refractivity contribution is -0.138. The van der Waals surface area contributed by atoms with E-state index in [1.54, 1.807) is 6.07 Å². The molecule has 1 aromatic carbocycles. The van der Waals surface area contributed by atoms with Gasteiger partial charge in [0, 0.05) is 6.04 Å². The van der Waals surface area contributed by atoms with E-state index in [0.717, 1.165) is 12.5 Å². The molecule has 2 nitrogen and oxygen atoms in total.